The molecule has 1 saturated carbocycles. The number of nitrogens with zero attached hydrogens (tertiary/aromatic N) is 2. The van der Waals surface area contributed by atoms with E-state index in [1.54, 1.807) is 0 Å². The maximum atomic E-state index is 6.55. The first-order valence-electron chi connectivity index (χ1n) is 7.69. The molecule has 4 heteroatoms. The number of hydrogen-bond donors (Lipinski definition) is 1. The fraction of sp³-hybridized carbons (Fsp3) is 0.529. The van der Waals surface area contributed by atoms with E-state index in [2.05, 4.69) is 49.1 Å². The van der Waals surface area contributed by atoms with E-state index < -0.39 is 5.54 Å². The molecule has 1 fully saturated rings. The van der Waals surface area contributed by atoms with Crippen molar-refractivity contribution in [1.82, 2.24) is 10.1 Å². The van der Waals surface area contributed by atoms with Crippen LogP contribution in [0.25, 0.3) is 11.5 Å². The number of aromatic nitrogens is 2. The van der Waals surface area contributed by atoms with Gasteiger partial charge in [-0.1, -0.05) is 42.6 Å². The second-order valence-corrected chi connectivity index (χ2v) is 6.60. The average molecular weight is 285 g/mol. The van der Waals surface area contributed by atoms with Gasteiger partial charge in [-0.25, -0.2) is 0 Å². The predicted octanol–water partition coefficient (Wildman–Crippen LogP) is 3.72. The number of nitrogens with two attached hydrogens (primary N) is 1. The summed E-state index contributed by atoms with van der Waals surface area (Å²) in [5.74, 6) is 1.85. The number of rotatable bonds is 2. The highest BCUT2D eigenvalue weighted by atomic mass is 16.5. The Balaban J connectivity index is 1.94. The van der Waals surface area contributed by atoms with E-state index in [1.165, 1.54) is 12.0 Å². The van der Waals surface area contributed by atoms with Crippen molar-refractivity contribution in [2.24, 2.45) is 11.7 Å². The molecule has 0 spiro atoms. The Morgan fingerprint density at radius 3 is 2.90 bits per heavy atom. The lowest BCUT2D eigenvalue weighted by atomic mass is 9.76. The van der Waals surface area contributed by atoms with Crippen LogP contribution >= 0.6 is 0 Å². The van der Waals surface area contributed by atoms with Crippen LogP contribution in [-0.2, 0) is 5.54 Å². The summed E-state index contributed by atoms with van der Waals surface area (Å²) in [6.07, 6.45) is 4.23. The van der Waals surface area contributed by atoms with Crippen molar-refractivity contribution in [2.45, 2.75) is 52.0 Å². The zero-order valence-electron chi connectivity index (χ0n) is 13.0. The SMILES string of the molecule is Cc1ccc(C)c(-c2nc(C3(N)CCCC(C)C3)no2)c1. The van der Waals surface area contributed by atoms with Gasteiger partial charge in [-0.2, -0.15) is 4.98 Å². The second-order valence-electron chi connectivity index (χ2n) is 6.60. The first kappa shape index (κ1) is 14.3. The van der Waals surface area contributed by atoms with Crippen LogP contribution < -0.4 is 5.73 Å². The van der Waals surface area contributed by atoms with E-state index in [-0.39, 0.29) is 0 Å². The van der Waals surface area contributed by atoms with Crippen LogP contribution in [0, 0.1) is 19.8 Å². The van der Waals surface area contributed by atoms with Crippen LogP contribution in [-0.4, -0.2) is 10.1 Å². The van der Waals surface area contributed by atoms with E-state index in [4.69, 9.17) is 10.3 Å². The van der Waals surface area contributed by atoms with Gasteiger partial charge in [0.05, 0.1) is 5.54 Å². The third kappa shape index (κ3) is 2.72. The standard InChI is InChI=1S/C17H23N3O/c1-11-6-7-13(3)14(9-11)15-19-16(20-21-15)17(18)8-4-5-12(2)10-17/h6-7,9,12H,4-5,8,10,18H2,1-3H3. The molecule has 2 atom stereocenters. The van der Waals surface area contributed by atoms with E-state index in [0.717, 1.165) is 30.4 Å². The van der Waals surface area contributed by atoms with Crippen molar-refractivity contribution in [3.05, 3.63) is 35.2 Å². The average Bonchev–Trinajstić information content (AvgIpc) is 2.91. The normalized spacial score (nSPS) is 26.0. The summed E-state index contributed by atoms with van der Waals surface area (Å²) in [6.45, 7) is 6.36. The molecule has 0 bridgehead atoms. The Labute approximate surface area is 125 Å². The molecule has 1 aromatic carbocycles. The van der Waals surface area contributed by atoms with Gasteiger partial charge in [0.2, 0.25) is 0 Å². The van der Waals surface area contributed by atoms with Crippen LogP contribution in [0.1, 0.15) is 49.6 Å². The summed E-state index contributed by atoms with van der Waals surface area (Å²) in [6, 6.07) is 6.25. The summed E-state index contributed by atoms with van der Waals surface area (Å²) < 4.78 is 5.50. The highest BCUT2D eigenvalue weighted by Gasteiger charge is 2.37. The van der Waals surface area contributed by atoms with Crippen LogP contribution in [0.4, 0.5) is 0 Å². The molecule has 0 radical (unpaired) electrons. The van der Waals surface area contributed by atoms with E-state index >= 15 is 0 Å². The molecule has 1 aliphatic rings. The molecule has 1 heterocycles. The summed E-state index contributed by atoms with van der Waals surface area (Å²) in [7, 11) is 0. The van der Waals surface area contributed by atoms with Gasteiger partial charge < -0.3 is 10.3 Å². The zero-order chi connectivity index (χ0) is 15.0. The van der Waals surface area contributed by atoms with Crippen molar-refractivity contribution in [3.63, 3.8) is 0 Å². The molecule has 2 unspecified atom stereocenters. The Hall–Kier alpha value is -1.68. The van der Waals surface area contributed by atoms with Crippen molar-refractivity contribution in [1.29, 1.82) is 0 Å². The number of benzene rings is 1. The predicted molar refractivity (Wildman–Crippen MR) is 82.7 cm³/mol. The lowest BCUT2D eigenvalue weighted by Gasteiger charge is -2.33. The van der Waals surface area contributed by atoms with Gasteiger partial charge >= 0.3 is 0 Å². The second kappa shape index (κ2) is 5.26. The molecule has 1 aromatic heterocycles. The monoisotopic (exact) mass is 285 g/mol. The van der Waals surface area contributed by atoms with Crippen molar-refractivity contribution in [2.75, 3.05) is 0 Å². The largest absolute Gasteiger partial charge is 0.334 e. The summed E-state index contributed by atoms with van der Waals surface area (Å²) in [5, 5.41) is 4.18. The van der Waals surface area contributed by atoms with Gasteiger partial charge in [0.15, 0.2) is 5.82 Å². The first-order chi connectivity index (χ1) is 9.98. The fourth-order valence-corrected chi connectivity index (χ4v) is 3.30. The van der Waals surface area contributed by atoms with E-state index in [1.807, 2.05) is 0 Å². The molecule has 4 nitrogen and oxygen atoms in total. The van der Waals surface area contributed by atoms with E-state index in [0.29, 0.717) is 17.6 Å². The topological polar surface area (TPSA) is 64.9 Å². The third-order valence-electron chi connectivity index (χ3n) is 4.53. The Morgan fingerprint density at radius 1 is 1.33 bits per heavy atom. The quantitative estimate of drug-likeness (QED) is 0.913. The van der Waals surface area contributed by atoms with Crippen molar-refractivity contribution >= 4 is 0 Å². The van der Waals surface area contributed by atoms with Crippen LogP contribution in [0.3, 0.4) is 0 Å². The van der Waals surface area contributed by atoms with Crippen molar-refractivity contribution < 1.29 is 4.52 Å². The highest BCUT2D eigenvalue weighted by Crippen LogP contribution is 2.37. The van der Waals surface area contributed by atoms with Gasteiger partial charge in [-0.15, -0.1) is 0 Å². The number of hydrogen-bond acceptors (Lipinski definition) is 4. The minimum atomic E-state index is -0.433. The molecule has 3 rings (SSSR count). The summed E-state index contributed by atoms with van der Waals surface area (Å²) in [5.41, 5.74) is 9.44. The van der Waals surface area contributed by atoms with Gasteiger partial charge in [-0.3, -0.25) is 0 Å². The zero-order valence-corrected chi connectivity index (χ0v) is 13.0. The molecule has 0 saturated heterocycles. The molecule has 0 amide bonds. The molecule has 1 aliphatic carbocycles. The fourth-order valence-electron chi connectivity index (χ4n) is 3.30. The molecule has 2 aromatic rings. The van der Waals surface area contributed by atoms with E-state index in [9.17, 15) is 0 Å². The third-order valence-corrected chi connectivity index (χ3v) is 4.53. The van der Waals surface area contributed by atoms with Gasteiger partial charge in [-0.05, 0) is 44.2 Å². The first-order valence-corrected chi connectivity index (χ1v) is 7.69. The van der Waals surface area contributed by atoms with Gasteiger partial charge in [0, 0.05) is 5.56 Å². The van der Waals surface area contributed by atoms with Crippen LogP contribution in [0.5, 0.6) is 0 Å². The minimum absolute atomic E-state index is 0.433. The summed E-state index contributed by atoms with van der Waals surface area (Å²) in [4.78, 5) is 4.61. The Morgan fingerprint density at radius 2 is 2.14 bits per heavy atom. The van der Waals surface area contributed by atoms with Crippen LogP contribution in [0.2, 0.25) is 0 Å². The lowest BCUT2D eigenvalue weighted by Crippen LogP contribution is -2.42. The summed E-state index contributed by atoms with van der Waals surface area (Å²) >= 11 is 0. The highest BCUT2D eigenvalue weighted by molar-refractivity contribution is 5.59. The molecule has 21 heavy (non-hydrogen) atoms. The molecular formula is C17H23N3O. The maximum absolute atomic E-state index is 6.55. The van der Waals surface area contributed by atoms with Gasteiger partial charge in [0.1, 0.15) is 0 Å². The molecule has 112 valence electrons. The molecule has 2 N–H and O–H groups in total. The smallest absolute Gasteiger partial charge is 0.258 e. The Bertz CT molecular complexity index is 649. The van der Waals surface area contributed by atoms with Crippen LogP contribution in [0.15, 0.2) is 22.7 Å². The minimum Gasteiger partial charge on any atom is -0.334 e. The van der Waals surface area contributed by atoms with Gasteiger partial charge in [0.25, 0.3) is 5.89 Å². The lowest BCUT2D eigenvalue weighted by molar-refractivity contribution is 0.222. The molecular weight excluding hydrogens is 262 g/mol. The number of aryl methyl sites for hydroxylation is 2. The van der Waals surface area contributed by atoms with Crippen molar-refractivity contribution in [3.8, 4) is 11.5 Å². The molecule has 0 aliphatic heterocycles. The Kier molecular flexibility index (Phi) is 3.57. The maximum Gasteiger partial charge on any atom is 0.258 e.